The molecular formula is C25H37N5. The van der Waals surface area contributed by atoms with Gasteiger partial charge in [-0.25, -0.2) is 4.98 Å². The van der Waals surface area contributed by atoms with E-state index >= 15 is 0 Å². The van der Waals surface area contributed by atoms with E-state index in [4.69, 9.17) is 9.97 Å². The van der Waals surface area contributed by atoms with Crippen LogP contribution >= 0.6 is 0 Å². The van der Waals surface area contributed by atoms with Crippen molar-refractivity contribution in [2.24, 2.45) is 0 Å². The second-order valence-corrected chi connectivity index (χ2v) is 9.08. The van der Waals surface area contributed by atoms with Crippen molar-refractivity contribution >= 4 is 17.0 Å². The molecule has 0 unspecified atom stereocenters. The lowest BCUT2D eigenvalue weighted by Crippen LogP contribution is -2.40. The Bertz CT molecular complexity index is 987. The number of hydrogen-bond donors (Lipinski definition) is 2. The van der Waals surface area contributed by atoms with E-state index in [-0.39, 0.29) is 5.54 Å². The normalized spacial score (nSPS) is 11.9. The topological polar surface area (TPSA) is 54.8 Å². The minimum atomic E-state index is 0.202. The Morgan fingerprint density at radius 1 is 1.03 bits per heavy atom. The van der Waals surface area contributed by atoms with Gasteiger partial charge in [0.25, 0.3) is 0 Å². The molecule has 0 radical (unpaired) electrons. The summed E-state index contributed by atoms with van der Waals surface area (Å²) in [6.07, 6.45) is 3.45. The van der Waals surface area contributed by atoms with Crippen LogP contribution in [0.15, 0.2) is 30.3 Å². The molecule has 5 nitrogen and oxygen atoms in total. The Hall–Kier alpha value is -2.40. The number of fused-ring (bicyclic) bond motifs is 1. The number of anilines is 1. The molecule has 1 aromatic carbocycles. The lowest BCUT2D eigenvalue weighted by molar-refractivity contribution is 0.359. The lowest BCUT2D eigenvalue weighted by Gasteiger charge is -2.25. The molecule has 0 atom stereocenters. The summed E-state index contributed by atoms with van der Waals surface area (Å²) in [5.41, 5.74) is 7.00. The van der Waals surface area contributed by atoms with E-state index in [1.807, 2.05) is 13.0 Å². The molecule has 162 valence electrons. The smallest absolute Gasteiger partial charge is 0.204 e. The molecular weight excluding hydrogens is 370 g/mol. The van der Waals surface area contributed by atoms with Crippen molar-refractivity contribution in [1.29, 1.82) is 0 Å². The van der Waals surface area contributed by atoms with Crippen LogP contribution in [0.3, 0.4) is 0 Å². The Morgan fingerprint density at radius 3 is 2.57 bits per heavy atom. The van der Waals surface area contributed by atoms with Gasteiger partial charge in [-0.05, 0) is 83.3 Å². The first-order valence-electron chi connectivity index (χ1n) is 11.2. The Balaban J connectivity index is 1.77. The SMILES string of the molecule is CCCC(C)(C)NCCCNc1nc2c(C)cc(C)cc2n1Cc1cccc(C)n1. The van der Waals surface area contributed by atoms with Crippen molar-refractivity contribution in [3.8, 4) is 0 Å². The molecule has 0 amide bonds. The number of aromatic nitrogens is 3. The molecule has 2 heterocycles. The number of aryl methyl sites for hydroxylation is 3. The van der Waals surface area contributed by atoms with Crippen molar-refractivity contribution in [1.82, 2.24) is 19.9 Å². The summed E-state index contributed by atoms with van der Waals surface area (Å²) in [5, 5.41) is 7.26. The molecule has 0 fully saturated rings. The number of nitrogens with one attached hydrogen (secondary N) is 2. The first-order valence-corrected chi connectivity index (χ1v) is 11.2. The van der Waals surface area contributed by atoms with E-state index in [0.29, 0.717) is 6.54 Å². The van der Waals surface area contributed by atoms with E-state index < -0.39 is 0 Å². The van der Waals surface area contributed by atoms with Gasteiger partial charge in [-0.3, -0.25) is 4.98 Å². The summed E-state index contributed by atoms with van der Waals surface area (Å²) < 4.78 is 2.27. The third-order valence-corrected chi connectivity index (χ3v) is 5.57. The minimum Gasteiger partial charge on any atom is -0.356 e. The molecule has 0 saturated carbocycles. The summed E-state index contributed by atoms with van der Waals surface area (Å²) in [5.74, 6) is 0.926. The highest BCUT2D eigenvalue weighted by Crippen LogP contribution is 2.25. The standard InChI is InChI=1S/C25H37N5/c1-7-12-25(5,6)27-14-9-13-26-24-29-23-19(3)15-18(2)16-22(23)30(24)17-21-11-8-10-20(4)28-21/h8,10-11,15-16,27H,7,9,12-14,17H2,1-6H3,(H,26,29). The number of imidazole rings is 1. The van der Waals surface area contributed by atoms with Crippen LogP contribution in [0.25, 0.3) is 11.0 Å². The predicted octanol–water partition coefficient (Wildman–Crippen LogP) is 5.38. The van der Waals surface area contributed by atoms with E-state index in [0.717, 1.165) is 42.4 Å². The monoisotopic (exact) mass is 407 g/mol. The maximum Gasteiger partial charge on any atom is 0.204 e. The van der Waals surface area contributed by atoms with Gasteiger partial charge in [-0.15, -0.1) is 0 Å². The predicted molar refractivity (Wildman–Crippen MR) is 127 cm³/mol. The molecule has 5 heteroatoms. The number of pyridine rings is 1. The lowest BCUT2D eigenvalue weighted by atomic mass is 9.99. The largest absolute Gasteiger partial charge is 0.356 e. The van der Waals surface area contributed by atoms with Crippen LogP contribution in [0, 0.1) is 20.8 Å². The molecule has 0 spiro atoms. The van der Waals surface area contributed by atoms with Crippen LogP contribution in [0.5, 0.6) is 0 Å². The fraction of sp³-hybridized carbons (Fsp3) is 0.520. The second kappa shape index (κ2) is 9.61. The van der Waals surface area contributed by atoms with Crippen LogP contribution in [0.4, 0.5) is 5.95 Å². The quantitative estimate of drug-likeness (QED) is 0.443. The zero-order valence-corrected chi connectivity index (χ0v) is 19.5. The fourth-order valence-electron chi connectivity index (χ4n) is 4.14. The van der Waals surface area contributed by atoms with Crippen molar-refractivity contribution in [2.45, 2.75) is 72.9 Å². The van der Waals surface area contributed by atoms with Gasteiger partial charge in [-0.1, -0.05) is 25.5 Å². The average molecular weight is 408 g/mol. The summed E-state index contributed by atoms with van der Waals surface area (Å²) in [6.45, 7) is 15.7. The van der Waals surface area contributed by atoms with Gasteiger partial charge in [0.15, 0.2) is 0 Å². The maximum absolute atomic E-state index is 4.95. The average Bonchev–Trinajstić information content (AvgIpc) is 2.99. The van der Waals surface area contributed by atoms with Crippen LogP contribution in [0.2, 0.25) is 0 Å². The van der Waals surface area contributed by atoms with Gasteiger partial charge >= 0.3 is 0 Å². The van der Waals surface area contributed by atoms with Crippen molar-refractivity contribution < 1.29 is 0 Å². The molecule has 30 heavy (non-hydrogen) atoms. The number of nitrogens with zero attached hydrogens (tertiary/aromatic N) is 3. The van der Waals surface area contributed by atoms with E-state index in [1.165, 1.54) is 29.5 Å². The molecule has 0 aliphatic heterocycles. The van der Waals surface area contributed by atoms with Gasteiger partial charge in [0.05, 0.1) is 23.3 Å². The Labute approximate surface area is 181 Å². The van der Waals surface area contributed by atoms with Crippen LogP contribution in [-0.4, -0.2) is 33.2 Å². The number of rotatable bonds is 10. The fourth-order valence-corrected chi connectivity index (χ4v) is 4.14. The molecule has 0 bridgehead atoms. The van der Waals surface area contributed by atoms with Gasteiger partial charge < -0.3 is 15.2 Å². The maximum atomic E-state index is 4.95. The van der Waals surface area contributed by atoms with Crippen LogP contribution in [0.1, 0.15) is 62.5 Å². The molecule has 2 N–H and O–H groups in total. The molecule has 3 rings (SSSR count). The zero-order valence-electron chi connectivity index (χ0n) is 19.5. The highest BCUT2D eigenvalue weighted by molar-refractivity contribution is 5.82. The van der Waals surface area contributed by atoms with Gasteiger partial charge in [0.1, 0.15) is 0 Å². The number of hydrogen-bond acceptors (Lipinski definition) is 4. The highest BCUT2D eigenvalue weighted by atomic mass is 15.2. The van der Waals surface area contributed by atoms with Crippen molar-refractivity contribution in [2.75, 3.05) is 18.4 Å². The van der Waals surface area contributed by atoms with E-state index in [1.54, 1.807) is 0 Å². The van der Waals surface area contributed by atoms with E-state index in [2.05, 4.69) is 74.1 Å². The molecule has 3 aromatic rings. The summed E-state index contributed by atoms with van der Waals surface area (Å²) in [6, 6.07) is 10.6. The van der Waals surface area contributed by atoms with Gasteiger partial charge in [-0.2, -0.15) is 0 Å². The number of benzene rings is 1. The first-order chi connectivity index (χ1) is 14.3. The van der Waals surface area contributed by atoms with Crippen molar-refractivity contribution in [3.05, 3.63) is 52.8 Å². The summed E-state index contributed by atoms with van der Waals surface area (Å²) in [7, 11) is 0. The summed E-state index contributed by atoms with van der Waals surface area (Å²) in [4.78, 5) is 9.66. The highest BCUT2D eigenvalue weighted by Gasteiger charge is 2.16. The third-order valence-electron chi connectivity index (χ3n) is 5.57. The van der Waals surface area contributed by atoms with E-state index in [9.17, 15) is 0 Å². The zero-order chi connectivity index (χ0) is 21.7. The second-order valence-electron chi connectivity index (χ2n) is 9.08. The third kappa shape index (κ3) is 5.60. The van der Waals surface area contributed by atoms with Crippen molar-refractivity contribution in [3.63, 3.8) is 0 Å². The first kappa shape index (κ1) is 22.3. The summed E-state index contributed by atoms with van der Waals surface area (Å²) >= 11 is 0. The molecule has 0 aliphatic rings. The van der Waals surface area contributed by atoms with Crippen LogP contribution in [-0.2, 0) is 6.54 Å². The minimum absolute atomic E-state index is 0.202. The van der Waals surface area contributed by atoms with Crippen LogP contribution < -0.4 is 10.6 Å². The molecule has 0 saturated heterocycles. The Kier molecular flexibility index (Phi) is 7.14. The Morgan fingerprint density at radius 2 is 1.83 bits per heavy atom. The van der Waals surface area contributed by atoms with Gasteiger partial charge in [0, 0.05) is 17.8 Å². The molecule has 2 aromatic heterocycles. The van der Waals surface area contributed by atoms with Gasteiger partial charge in [0.2, 0.25) is 5.95 Å². The molecule has 0 aliphatic carbocycles.